The molecule has 2 N–H and O–H groups in total. The third-order valence-electron chi connectivity index (χ3n) is 1.01. The van der Waals surface area contributed by atoms with Crippen LogP contribution in [0.4, 0.5) is 0 Å². The standard InChI is InChI=1S/C5H7N3O3/c1-11-5-6-3(7-8-5)2-4(9)10/h2H2,1H3,(H,9,10)(H,6,7,8). The highest BCUT2D eigenvalue weighted by Crippen LogP contribution is 1.99. The maximum absolute atomic E-state index is 10.1. The quantitative estimate of drug-likeness (QED) is 0.614. The molecule has 0 aliphatic heterocycles. The van der Waals surface area contributed by atoms with Crippen molar-refractivity contribution < 1.29 is 14.6 Å². The molecule has 0 aliphatic rings. The Labute approximate surface area is 62.2 Å². The summed E-state index contributed by atoms with van der Waals surface area (Å²) in [6, 6.07) is 0.154. The molecule has 1 rings (SSSR count). The van der Waals surface area contributed by atoms with Crippen LogP contribution in [0.15, 0.2) is 0 Å². The van der Waals surface area contributed by atoms with Gasteiger partial charge in [0.15, 0.2) is 0 Å². The highest BCUT2D eigenvalue weighted by atomic mass is 16.5. The van der Waals surface area contributed by atoms with Crippen LogP contribution in [0.1, 0.15) is 5.82 Å². The van der Waals surface area contributed by atoms with Gasteiger partial charge in [-0.15, -0.1) is 5.10 Å². The average Bonchev–Trinajstić information content (AvgIpc) is 2.34. The highest BCUT2D eigenvalue weighted by molar-refractivity contribution is 5.68. The number of methoxy groups -OCH3 is 1. The van der Waals surface area contributed by atoms with Crippen molar-refractivity contribution in [2.45, 2.75) is 6.42 Å². The van der Waals surface area contributed by atoms with Gasteiger partial charge in [-0.2, -0.15) is 4.98 Å². The lowest BCUT2D eigenvalue weighted by Crippen LogP contribution is -2.01. The molecular weight excluding hydrogens is 150 g/mol. The molecule has 0 fully saturated rings. The van der Waals surface area contributed by atoms with E-state index in [0.29, 0.717) is 0 Å². The lowest BCUT2D eigenvalue weighted by atomic mass is 10.4. The number of carbonyl (C=O) groups is 1. The molecule has 11 heavy (non-hydrogen) atoms. The second kappa shape index (κ2) is 3.00. The summed E-state index contributed by atoms with van der Waals surface area (Å²) in [5, 5.41) is 14.3. The Kier molecular flexibility index (Phi) is 2.05. The van der Waals surface area contributed by atoms with Crippen LogP contribution in [0, 0.1) is 0 Å². The molecule has 60 valence electrons. The van der Waals surface area contributed by atoms with E-state index in [1.807, 2.05) is 0 Å². The second-order valence-corrected chi connectivity index (χ2v) is 1.84. The molecular formula is C5H7N3O3. The number of H-pyrrole nitrogens is 1. The summed E-state index contributed by atoms with van der Waals surface area (Å²) in [6.45, 7) is 0. The molecule has 0 aliphatic carbocycles. The molecule has 0 radical (unpaired) electrons. The van der Waals surface area contributed by atoms with Crippen molar-refractivity contribution >= 4 is 5.97 Å². The van der Waals surface area contributed by atoms with Gasteiger partial charge in [0, 0.05) is 0 Å². The van der Waals surface area contributed by atoms with Crippen LogP contribution in [-0.2, 0) is 11.2 Å². The average molecular weight is 157 g/mol. The van der Waals surface area contributed by atoms with E-state index in [0.717, 1.165) is 0 Å². The van der Waals surface area contributed by atoms with Crippen molar-refractivity contribution in [3.8, 4) is 6.01 Å². The molecule has 0 saturated carbocycles. The maximum atomic E-state index is 10.1. The van der Waals surface area contributed by atoms with Gasteiger partial charge >= 0.3 is 12.0 Å². The number of carboxylic acids is 1. The van der Waals surface area contributed by atoms with E-state index in [1.54, 1.807) is 0 Å². The fourth-order valence-corrected chi connectivity index (χ4v) is 0.591. The fourth-order valence-electron chi connectivity index (χ4n) is 0.591. The summed E-state index contributed by atoms with van der Waals surface area (Å²) in [6.07, 6.45) is -0.170. The van der Waals surface area contributed by atoms with Gasteiger partial charge in [0.25, 0.3) is 0 Å². The molecule has 6 heteroatoms. The maximum Gasteiger partial charge on any atom is 0.335 e. The van der Waals surface area contributed by atoms with E-state index in [4.69, 9.17) is 5.11 Å². The number of carboxylic acid groups (broad SMARTS) is 1. The number of ether oxygens (including phenoxy) is 1. The second-order valence-electron chi connectivity index (χ2n) is 1.84. The molecule has 0 spiro atoms. The van der Waals surface area contributed by atoms with Gasteiger partial charge in [-0.3, -0.25) is 9.89 Å². The summed E-state index contributed by atoms with van der Waals surface area (Å²) in [5.41, 5.74) is 0. The van der Waals surface area contributed by atoms with Gasteiger partial charge in [0.2, 0.25) is 0 Å². The Balaban J connectivity index is 2.65. The number of aliphatic carboxylic acids is 1. The minimum Gasteiger partial charge on any atom is -0.481 e. The molecule has 0 atom stereocenters. The third-order valence-corrected chi connectivity index (χ3v) is 1.01. The Morgan fingerprint density at radius 2 is 2.55 bits per heavy atom. The van der Waals surface area contributed by atoms with Gasteiger partial charge in [0.1, 0.15) is 12.2 Å². The molecule has 1 aromatic heterocycles. The minimum absolute atomic E-state index is 0.154. The Bertz CT molecular complexity index is 257. The van der Waals surface area contributed by atoms with Gasteiger partial charge in [-0.1, -0.05) is 0 Å². The number of nitrogens with zero attached hydrogens (tertiary/aromatic N) is 2. The number of nitrogens with one attached hydrogen (secondary N) is 1. The molecule has 6 nitrogen and oxygen atoms in total. The van der Waals surface area contributed by atoms with Crippen molar-refractivity contribution in [2.75, 3.05) is 7.11 Å². The number of aromatic nitrogens is 3. The van der Waals surface area contributed by atoms with Crippen molar-refractivity contribution in [3.05, 3.63) is 5.82 Å². The number of rotatable bonds is 3. The SMILES string of the molecule is COc1n[nH]c(CC(=O)O)n1. The number of aromatic amines is 1. The molecule has 1 aromatic rings. The number of hydrogen-bond acceptors (Lipinski definition) is 4. The van der Waals surface area contributed by atoms with Gasteiger partial charge in [0.05, 0.1) is 7.11 Å². The Hall–Kier alpha value is -1.59. The van der Waals surface area contributed by atoms with Crippen molar-refractivity contribution in [1.82, 2.24) is 15.2 Å². The predicted molar refractivity (Wildman–Crippen MR) is 34.3 cm³/mol. The predicted octanol–water partition coefficient (Wildman–Crippen LogP) is -0.560. The zero-order chi connectivity index (χ0) is 8.27. The summed E-state index contributed by atoms with van der Waals surface area (Å²) >= 11 is 0. The molecule has 0 amide bonds. The molecule has 1 heterocycles. The zero-order valence-electron chi connectivity index (χ0n) is 5.87. The molecule has 0 unspecified atom stereocenters. The fraction of sp³-hybridized carbons (Fsp3) is 0.400. The van der Waals surface area contributed by atoms with Crippen LogP contribution in [0.3, 0.4) is 0 Å². The van der Waals surface area contributed by atoms with E-state index >= 15 is 0 Å². The topological polar surface area (TPSA) is 88.1 Å². The normalized spacial score (nSPS) is 9.55. The van der Waals surface area contributed by atoms with E-state index in [-0.39, 0.29) is 18.3 Å². The van der Waals surface area contributed by atoms with Crippen molar-refractivity contribution in [3.63, 3.8) is 0 Å². The van der Waals surface area contributed by atoms with E-state index < -0.39 is 5.97 Å². The van der Waals surface area contributed by atoms with Crippen LogP contribution in [0.25, 0.3) is 0 Å². The summed E-state index contributed by atoms with van der Waals surface area (Å²) in [4.78, 5) is 13.8. The largest absolute Gasteiger partial charge is 0.481 e. The van der Waals surface area contributed by atoms with E-state index in [9.17, 15) is 4.79 Å². The van der Waals surface area contributed by atoms with E-state index in [1.165, 1.54) is 7.11 Å². The summed E-state index contributed by atoms with van der Waals surface area (Å²) in [5.74, 6) is -0.668. The zero-order valence-corrected chi connectivity index (χ0v) is 5.87. The minimum atomic E-state index is -0.955. The summed E-state index contributed by atoms with van der Waals surface area (Å²) < 4.78 is 4.63. The Morgan fingerprint density at radius 3 is 3.00 bits per heavy atom. The van der Waals surface area contributed by atoms with Crippen LogP contribution in [-0.4, -0.2) is 33.4 Å². The van der Waals surface area contributed by atoms with Gasteiger partial charge in [-0.05, 0) is 0 Å². The first-order valence-corrected chi connectivity index (χ1v) is 2.89. The lowest BCUT2D eigenvalue weighted by molar-refractivity contribution is -0.136. The van der Waals surface area contributed by atoms with Gasteiger partial charge < -0.3 is 9.84 Å². The first kappa shape index (κ1) is 7.52. The van der Waals surface area contributed by atoms with Crippen molar-refractivity contribution in [1.29, 1.82) is 0 Å². The first-order valence-electron chi connectivity index (χ1n) is 2.89. The number of hydrogen-bond donors (Lipinski definition) is 2. The van der Waals surface area contributed by atoms with E-state index in [2.05, 4.69) is 19.9 Å². The molecule has 0 aromatic carbocycles. The smallest absolute Gasteiger partial charge is 0.335 e. The lowest BCUT2D eigenvalue weighted by Gasteiger charge is -1.86. The highest BCUT2D eigenvalue weighted by Gasteiger charge is 2.05. The molecule has 0 bridgehead atoms. The van der Waals surface area contributed by atoms with Crippen LogP contribution in [0.5, 0.6) is 6.01 Å². The summed E-state index contributed by atoms with van der Waals surface area (Å²) in [7, 11) is 1.41. The van der Waals surface area contributed by atoms with Crippen LogP contribution < -0.4 is 4.74 Å². The monoisotopic (exact) mass is 157 g/mol. The Morgan fingerprint density at radius 1 is 1.82 bits per heavy atom. The molecule has 0 saturated heterocycles. The first-order chi connectivity index (χ1) is 5.22. The van der Waals surface area contributed by atoms with Crippen LogP contribution >= 0.6 is 0 Å². The third kappa shape index (κ3) is 1.92. The van der Waals surface area contributed by atoms with Crippen molar-refractivity contribution in [2.24, 2.45) is 0 Å². The van der Waals surface area contributed by atoms with Crippen LogP contribution in [0.2, 0.25) is 0 Å². The van der Waals surface area contributed by atoms with Gasteiger partial charge in [-0.25, -0.2) is 0 Å².